The van der Waals surface area contributed by atoms with Gasteiger partial charge >= 0.3 is 0 Å². The zero-order valence-electron chi connectivity index (χ0n) is 30.6. The Morgan fingerprint density at radius 3 is 1.41 bits per heavy atom. The second-order valence-electron chi connectivity index (χ2n) is 14.4. The Kier molecular flexibility index (Phi) is 7.53. The molecule has 0 saturated carbocycles. The maximum Gasteiger partial charge on any atom is 0.143 e. The molecule has 2 heteroatoms. The minimum Gasteiger partial charge on any atom is -0.455 e. The molecule has 2 nitrogen and oxygen atoms in total. The maximum absolute atomic E-state index is 6.66. The highest BCUT2D eigenvalue weighted by Gasteiger charge is 2.22. The zero-order chi connectivity index (χ0) is 37.0. The normalized spacial score (nSPS) is 11.6. The summed E-state index contributed by atoms with van der Waals surface area (Å²) in [7, 11) is 0. The van der Waals surface area contributed by atoms with E-state index in [0.717, 1.165) is 60.9 Å². The highest BCUT2D eigenvalue weighted by atomic mass is 16.3. The second kappa shape index (κ2) is 13.2. The van der Waals surface area contributed by atoms with Crippen LogP contribution in [0.25, 0.3) is 87.6 Å². The van der Waals surface area contributed by atoms with Crippen molar-refractivity contribution in [1.82, 2.24) is 0 Å². The first-order valence-corrected chi connectivity index (χ1v) is 19.2. The predicted molar refractivity (Wildman–Crippen MR) is 237 cm³/mol. The molecule has 0 spiro atoms. The van der Waals surface area contributed by atoms with Gasteiger partial charge in [0.1, 0.15) is 11.2 Å². The van der Waals surface area contributed by atoms with Crippen LogP contribution in [0, 0.1) is 0 Å². The van der Waals surface area contributed by atoms with E-state index in [1.165, 1.54) is 43.8 Å². The lowest BCUT2D eigenvalue weighted by atomic mass is 9.93. The fourth-order valence-electron chi connectivity index (χ4n) is 8.63. The molecule has 0 amide bonds. The van der Waals surface area contributed by atoms with Crippen molar-refractivity contribution in [3.63, 3.8) is 0 Å². The average Bonchev–Trinajstić information content (AvgIpc) is 3.67. The molecule has 0 saturated heterocycles. The van der Waals surface area contributed by atoms with Gasteiger partial charge in [0, 0.05) is 33.1 Å². The highest BCUT2D eigenvalue weighted by Crippen LogP contribution is 2.47. The molecule has 262 valence electrons. The molecule has 0 atom stereocenters. The minimum atomic E-state index is 0.891. The van der Waals surface area contributed by atoms with Gasteiger partial charge in [-0.15, -0.1) is 0 Å². The lowest BCUT2D eigenvalue weighted by molar-refractivity contribution is 0.673. The standard InChI is InChI=1S/C54H35NO/c1-4-18-43-36(13-1)16-11-23-45(43)38-27-31-41(32-28-38)55(42-33-29-39(30-34-42)46-24-12-17-37-14-2-5-19-44(37)46)51-25-9-7-21-48(51)50-35-40-15-3-6-20-47(40)54-53(50)49-22-8-10-26-52(49)56-54/h1-35H. The van der Waals surface area contributed by atoms with Crippen LogP contribution in [0.2, 0.25) is 0 Å². The van der Waals surface area contributed by atoms with Gasteiger partial charge in [-0.2, -0.15) is 0 Å². The van der Waals surface area contributed by atoms with Gasteiger partial charge in [0.25, 0.3) is 0 Å². The molecule has 0 radical (unpaired) electrons. The lowest BCUT2D eigenvalue weighted by Gasteiger charge is -2.28. The van der Waals surface area contributed by atoms with Crippen molar-refractivity contribution in [1.29, 1.82) is 0 Å². The van der Waals surface area contributed by atoms with Crippen LogP contribution in [0.1, 0.15) is 0 Å². The van der Waals surface area contributed by atoms with Gasteiger partial charge in [0.05, 0.1) is 5.69 Å². The molecule has 1 heterocycles. The van der Waals surface area contributed by atoms with Crippen LogP contribution >= 0.6 is 0 Å². The van der Waals surface area contributed by atoms with E-state index in [4.69, 9.17) is 4.42 Å². The maximum atomic E-state index is 6.66. The molecule has 0 bridgehead atoms. The Balaban J connectivity index is 1.12. The van der Waals surface area contributed by atoms with E-state index in [1.807, 2.05) is 6.07 Å². The van der Waals surface area contributed by atoms with E-state index in [2.05, 4.69) is 211 Å². The van der Waals surface area contributed by atoms with Gasteiger partial charge < -0.3 is 9.32 Å². The van der Waals surface area contributed by atoms with Crippen molar-refractivity contribution < 1.29 is 4.42 Å². The molecule has 11 aromatic rings. The smallest absolute Gasteiger partial charge is 0.143 e. The van der Waals surface area contributed by atoms with Crippen molar-refractivity contribution in [2.75, 3.05) is 4.90 Å². The molecule has 0 aliphatic heterocycles. The van der Waals surface area contributed by atoms with Gasteiger partial charge in [0.2, 0.25) is 0 Å². The Bertz CT molecular complexity index is 3110. The van der Waals surface area contributed by atoms with E-state index >= 15 is 0 Å². The summed E-state index contributed by atoms with van der Waals surface area (Å²) in [6, 6.07) is 76.5. The van der Waals surface area contributed by atoms with E-state index in [-0.39, 0.29) is 0 Å². The van der Waals surface area contributed by atoms with Gasteiger partial charge in [-0.3, -0.25) is 0 Å². The van der Waals surface area contributed by atoms with Crippen LogP contribution in [0.3, 0.4) is 0 Å². The molecule has 0 unspecified atom stereocenters. The summed E-state index contributed by atoms with van der Waals surface area (Å²) in [4.78, 5) is 2.40. The first-order valence-electron chi connectivity index (χ1n) is 19.2. The number of hydrogen-bond donors (Lipinski definition) is 0. The summed E-state index contributed by atoms with van der Waals surface area (Å²) in [5, 5.41) is 9.49. The summed E-state index contributed by atoms with van der Waals surface area (Å²) in [6.45, 7) is 0. The number of para-hydroxylation sites is 2. The van der Waals surface area contributed by atoms with Crippen molar-refractivity contribution in [2.24, 2.45) is 0 Å². The largest absolute Gasteiger partial charge is 0.455 e. The third-order valence-corrected chi connectivity index (χ3v) is 11.3. The molecular weight excluding hydrogens is 679 g/mol. The van der Waals surface area contributed by atoms with E-state index in [1.54, 1.807) is 0 Å². The van der Waals surface area contributed by atoms with E-state index < -0.39 is 0 Å². The third-order valence-electron chi connectivity index (χ3n) is 11.3. The number of furan rings is 1. The third kappa shape index (κ3) is 5.26. The monoisotopic (exact) mass is 713 g/mol. The fraction of sp³-hybridized carbons (Fsp3) is 0. The first kappa shape index (κ1) is 32.0. The molecule has 0 aliphatic rings. The van der Waals surface area contributed by atoms with Crippen LogP contribution in [-0.4, -0.2) is 0 Å². The van der Waals surface area contributed by atoms with Crippen molar-refractivity contribution in [3.05, 3.63) is 212 Å². The zero-order valence-corrected chi connectivity index (χ0v) is 30.6. The summed E-state index contributed by atoms with van der Waals surface area (Å²) < 4.78 is 6.66. The molecule has 0 aliphatic carbocycles. The summed E-state index contributed by atoms with van der Waals surface area (Å²) in [5.41, 5.74) is 12.2. The minimum absolute atomic E-state index is 0.891. The Hall–Kier alpha value is -7.42. The highest BCUT2D eigenvalue weighted by molar-refractivity contribution is 6.22. The number of anilines is 3. The number of nitrogens with zero attached hydrogens (tertiary/aromatic N) is 1. The average molecular weight is 714 g/mol. The number of rotatable bonds is 6. The quantitative estimate of drug-likeness (QED) is 0.171. The van der Waals surface area contributed by atoms with Crippen molar-refractivity contribution in [2.45, 2.75) is 0 Å². The molecule has 0 N–H and O–H groups in total. The van der Waals surface area contributed by atoms with E-state index in [0.29, 0.717) is 0 Å². The van der Waals surface area contributed by atoms with Crippen molar-refractivity contribution >= 4 is 71.3 Å². The molecule has 1 aromatic heterocycles. The summed E-state index contributed by atoms with van der Waals surface area (Å²) in [5.74, 6) is 0. The van der Waals surface area contributed by atoms with E-state index in [9.17, 15) is 0 Å². The van der Waals surface area contributed by atoms with Gasteiger partial charge in [-0.05, 0) is 97.2 Å². The molecular formula is C54H35NO. The Morgan fingerprint density at radius 1 is 0.321 bits per heavy atom. The topological polar surface area (TPSA) is 16.4 Å². The van der Waals surface area contributed by atoms with Crippen LogP contribution < -0.4 is 4.90 Å². The van der Waals surface area contributed by atoms with Crippen LogP contribution in [0.5, 0.6) is 0 Å². The van der Waals surface area contributed by atoms with Crippen molar-refractivity contribution in [3.8, 4) is 33.4 Å². The van der Waals surface area contributed by atoms with Crippen LogP contribution in [0.15, 0.2) is 217 Å². The van der Waals surface area contributed by atoms with Gasteiger partial charge in [-0.25, -0.2) is 0 Å². The first-order chi connectivity index (χ1) is 27.8. The summed E-state index contributed by atoms with van der Waals surface area (Å²) >= 11 is 0. The molecule has 10 aromatic carbocycles. The molecule has 0 fully saturated rings. The van der Waals surface area contributed by atoms with Gasteiger partial charge in [-0.1, -0.05) is 170 Å². The SMILES string of the molecule is c1ccc(N(c2ccc(-c3cccc4ccccc34)cc2)c2ccc(-c3cccc4ccccc34)cc2)c(-c2cc3ccccc3c3oc4ccccc4c23)c1. The van der Waals surface area contributed by atoms with Crippen LogP contribution in [-0.2, 0) is 0 Å². The lowest BCUT2D eigenvalue weighted by Crippen LogP contribution is -2.11. The van der Waals surface area contributed by atoms with Crippen LogP contribution in [0.4, 0.5) is 17.1 Å². The number of benzene rings is 10. The Labute approximate surface area is 325 Å². The Morgan fingerprint density at radius 2 is 0.786 bits per heavy atom. The molecule has 11 rings (SSSR count). The van der Waals surface area contributed by atoms with Gasteiger partial charge in [0.15, 0.2) is 0 Å². The summed E-state index contributed by atoms with van der Waals surface area (Å²) in [6.07, 6.45) is 0. The fourth-order valence-corrected chi connectivity index (χ4v) is 8.63. The molecule has 56 heavy (non-hydrogen) atoms. The number of hydrogen-bond acceptors (Lipinski definition) is 2. The number of fused-ring (bicyclic) bond motifs is 7. The predicted octanol–water partition coefficient (Wildman–Crippen LogP) is 15.5. The second-order valence-corrected chi connectivity index (χ2v) is 14.4.